The molecule has 1 aliphatic rings. The van der Waals surface area contributed by atoms with Crippen molar-refractivity contribution in [3.05, 3.63) is 0 Å². The van der Waals surface area contributed by atoms with E-state index in [2.05, 4.69) is 5.32 Å². The Morgan fingerprint density at radius 1 is 1.38 bits per heavy atom. The summed E-state index contributed by atoms with van der Waals surface area (Å²) >= 11 is 0. The van der Waals surface area contributed by atoms with Gasteiger partial charge in [0.25, 0.3) is 0 Å². The molecule has 1 unspecified atom stereocenters. The number of nitrogens with zero attached hydrogens (tertiary/aromatic N) is 1. The average Bonchev–Trinajstić information content (AvgIpc) is 2.78. The van der Waals surface area contributed by atoms with Crippen LogP contribution in [0.4, 0.5) is 0 Å². The number of hydrogen-bond donors (Lipinski definition) is 2. The molecular formula is C11H21N3O2. The molecule has 0 aliphatic carbocycles. The van der Waals surface area contributed by atoms with E-state index in [1.54, 1.807) is 6.92 Å². The van der Waals surface area contributed by atoms with Gasteiger partial charge in [0.15, 0.2) is 0 Å². The summed E-state index contributed by atoms with van der Waals surface area (Å²) in [5.41, 5.74) is 5.31. The number of likely N-dealkylation sites (tertiary alicyclic amines) is 1. The van der Waals surface area contributed by atoms with Gasteiger partial charge in [-0.25, -0.2) is 0 Å². The summed E-state index contributed by atoms with van der Waals surface area (Å²) in [7, 11) is 0. The molecule has 1 rings (SSSR count). The van der Waals surface area contributed by atoms with Gasteiger partial charge in [-0.1, -0.05) is 0 Å². The predicted molar refractivity (Wildman–Crippen MR) is 61.7 cm³/mol. The summed E-state index contributed by atoms with van der Waals surface area (Å²) in [6.07, 6.45) is 3.20. The maximum absolute atomic E-state index is 11.8. The van der Waals surface area contributed by atoms with Crippen LogP contribution in [-0.2, 0) is 9.59 Å². The molecule has 1 atom stereocenters. The van der Waals surface area contributed by atoms with Gasteiger partial charge in [0.2, 0.25) is 11.8 Å². The first-order valence-corrected chi connectivity index (χ1v) is 5.93. The van der Waals surface area contributed by atoms with E-state index in [-0.39, 0.29) is 11.8 Å². The highest BCUT2D eigenvalue weighted by Crippen LogP contribution is 2.08. The van der Waals surface area contributed by atoms with E-state index in [0.717, 1.165) is 25.9 Å². The zero-order chi connectivity index (χ0) is 12.0. The molecule has 1 aliphatic heterocycles. The van der Waals surface area contributed by atoms with Crippen LogP contribution in [0.5, 0.6) is 0 Å². The fourth-order valence-corrected chi connectivity index (χ4v) is 1.85. The van der Waals surface area contributed by atoms with Gasteiger partial charge in [0.1, 0.15) is 6.04 Å². The largest absolute Gasteiger partial charge is 0.345 e. The van der Waals surface area contributed by atoms with Gasteiger partial charge in [-0.2, -0.15) is 0 Å². The summed E-state index contributed by atoms with van der Waals surface area (Å²) in [5.74, 6) is -0.0657. The molecular weight excluding hydrogens is 206 g/mol. The third-order valence-electron chi connectivity index (χ3n) is 2.77. The molecule has 5 heteroatoms. The molecule has 0 bridgehead atoms. The molecule has 0 radical (unpaired) electrons. The summed E-state index contributed by atoms with van der Waals surface area (Å²) in [6, 6.07) is -0.414. The molecule has 92 valence electrons. The zero-order valence-electron chi connectivity index (χ0n) is 9.87. The first kappa shape index (κ1) is 13.0. The van der Waals surface area contributed by atoms with E-state index >= 15 is 0 Å². The minimum atomic E-state index is -0.414. The van der Waals surface area contributed by atoms with Crippen molar-refractivity contribution in [3.8, 4) is 0 Å². The maximum Gasteiger partial charge on any atom is 0.244 e. The van der Waals surface area contributed by atoms with E-state index in [9.17, 15) is 9.59 Å². The standard InChI is InChI=1S/C11H21N3O2/c1-9(13-10(15)5-4-6-12)11(16)14-7-2-3-8-14/h9H,2-8,12H2,1H3,(H,13,15). The zero-order valence-corrected chi connectivity index (χ0v) is 9.87. The summed E-state index contributed by atoms with van der Waals surface area (Å²) in [5, 5.41) is 2.71. The van der Waals surface area contributed by atoms with Crippen LogP contribution < -0.4 is 11.1 Å². The third kappa shape index (κ3) is 3.81. The normalized spacial score (nSPS) is 17.2. The van der Waals surface area contributed by atoms with E-state index in [4.69, 9.17) is 5.73 Å². The Labute approximate surface area is 96.4 Å². The Bertz CT molecular complexity index is 250. The van der Waals surface area contributed by atoms with Crippen LogP contribution in [0.15, 0.2) is 0 Å². The molecule has 1 fully saturated rings. The highest BCUT2D eigenvalue weighted by atomic mass is 16.2. The average molecular weight is 227 g/mol. The van der Waals surface area contributed by atoms with E-state index in [1.165, 1.54) is 0 Å². The fourth-order valence-electron chi connectivity index (χ4n) is 1.85. The van der Waals surface area contributed by atoms with Crippen molar-refractivity contribution in [3.63, 3.8) is 0 Å². The Kier molecular flexibility index (Phi) is 5.25. The Morgan fingerprint density at radius 2 is 2.00 bits per heavy atom. The van der Waals surface area contributed by atoms with Gasteiger partial charge in [0, 0.05) is 19.5 Å². The van der Waals surface area contributed by atoms with Crippen molar-refractivity contribution >= 4 is 11.8 Å². The highest BCUT2D eigenvalue weighted by molar-refractivity contribution is 5.87. The number of amides is 2. The van der Waals surface area contributed by atoms with E-state index < -0.39 is 6.04 Å². The molecule has 0 aromatic carbocycles. The molecule has 3 N–H and O–H groups in total. The molecule has 0 aromatic heterocycles. The lowest BCUT2D eigenvalue weighted by atomic mass is 10.2. The van der Waals surface area contributed by atoms with Crippen LogP contribution in [0.1, 0.15) is 32.6 Å². The van der Waals surface area contributed by atoms with E-state index in [0.29, 0.717) is 19.4 Å². The van der Waals surface area contributed by atoms with Crippen molar-refractivity contribution in [2.75, 3.05) is 19.6 Å². The third-order valence-corrected chi connectivity index (χ3v) is 2.77. The van der Waals surface area contributed by atoms with Gasteiger partial charge >= 0.3 is 0 Å². The fraction of sp³-hybridized carbons (Fsp3) is 0.818. The number of rotatable bonds is 5. The van der Waals surface area contributed by atoms with Crippen LogP contribution in [0.3, 0.4) is 0 Å². The summed E-state index contributed by atoms with van der Waals surface area (Å²) in [6.45, 7) is 3.88. The highest BCUT2D eigenvalue weighted by Gasteiger charge is 2.23. The van der Waals surface area contributed by atoms with Crippen LogP contribution in [-0.4, -0.2) is 42.4 Å². The lowest BCUT2D eigenvalue weighted by Gasteiger charge is -2.21. The van der Waals surface area contributed by atoms with Crippen LogP contribution in [0.25, 0.3) is 0 Å². The molecule has 0 saturated carbocycles. The van der Waals surface area contributed by atoms with Gasteiger partial charge < -0.3 is 16.0 Å². The van der Waals surface area contributed by atoms with Crippen LogP contribution in [0.2, 0.25) is 0 Å². The Hall–Kier alpha value is -1.10. The minimum Gasteiger partial charge on any atom is -0.345 e. The Morgan fingerprint density at radius 3 is 2.56 bits per heavy atom. The molecule has 0 aromatic rings. The molecule has 0 spiro atoms. The van der Waals surface area contributed by atoms with Crippen molar-refractivity contribution in [1.82, 2.24) is 10.2 Å². The molecule has 1 saturated heterocycles. The first-order chi connectivity index (χ1) is 7.65. The predicted octanol–water partition coefficient (Wildman–Crippen LogP) is -0.148. The second-order valence-corrected chi connectivity index (χ2v) is 4.21. The van der Waals surface area contributed by atoms with Gasteiger partial charge in [-0.3, -0.25) is 9.59 Å². The second kappa shape index (κ2) is 6.48. The topological polar surface area (TPSA) is 75.4 Å². The van der Waals surface area contributed by atoms with Gasteiger partial charge in [-0.05, 0) is 32.7 Å². The van der Waals surface area contributed by atoms with Gasteiger partial charge in [0.05, 0.1) is 0 Å². The van der Waals surface area contributed by atoms with Crippen molar-refractivity contribution in [1.29, 1.82) is 0 Å². The van der Waals surface area contributed by atoms with Crippen molar-refractivity contribution < 1.29 is 9.59 Å². The van der Waals surface area contributed by atoms with Gasteiger partial charge in [-0.15, -0.1) is 0 Å². The first-order valence-electron chi connectivity index (χ1n) is 5.93. The molecule has 2 amide bonds. The molecule has 1 heterocycles. The number of hydrogen-bond acceptors (Lipinski definition) is 3. The Balaban J connectivity index is 2.30. The SMILES string of the molecule is CC(NC(=O)CCCN)C(=O)N1CCCC1. The number of nitrogens with two attached hydrogens (primary N) is 1. The van der Waals surface area contributed by atoms with E-state index in [1.807, 2.05) is 4.90 Å². The summed E-state index contributed by atoms with van der Waals surface area (Å²) in [4.78, 5) is 25.0. The number of carbonyl (C=O) groups is 2. The molecule has 5 nitrogen and oxygen atoms in total. The lowest BCUT2D eigenvalue weighted by molar-refractivity contribution is -0.135. The number of nitrogens with one attached hydrogen (secondary N) is 1. The lowest BCUT2D eigenvalue weighted by Crippen LogP contribution is -2.45. The summed E-state index contributed by atoms with van der Waals surface area (Å²) < 4.78 is 0. The monoisotopic (exact) mass is 227 g/mol. The van der Waals surface area contributed by atoms with Crippen LogP contribution in [0, 0.1) is 0 Å². The maximum atomic E-state index is 11.8. The van der Waals surface area contributed by atoms with Crippen molar-refractivity contribution in [2.45, 2.75) is 38.6 Å². The minimum absolute atomic E-state index is 0.0265. The smallest absolute Gasteiger partial charge is 0.244 e. The molecule has 16 heavy (non-hydrogen) atoms. The van der Waals surface area contributed by atoms with Crippen molar-refractivity contribution in [2.24, 2.45) is 5.73 Å². The van der Waals surface area contributed by atoms with Crippen LogP contribution >= 0.6 is 0 Å². The second-order valence-electron chi connectivity index (χ2n) is 4.21. The number of carbonyl (C=O) groups excluding carboxylic acids is 2. The quantitative estimate of drug-likeness (QED) is 0.686.